The van der Waals surface area contributed by atoms with Crippen molar-refractivity contribution in [3.05, 3.63) is 59.7 Å². The van der Waals surface area contributed by atoms with Crippen molar-refractivity contribution in [3.63, 3.8) is 0 Å². The van der Waals surface area contributed by atoms with Crippen molar-refractivity contribution in [2.24, 2.45) is 0 Å². The van der Waals surface area contributed by atoms with Crippen LogP contribution in [0.3, 0.4) is 0 Å². The molecular weight excluding hydrogens is 456 g/mol. The van der Waals surface area contributed by atoms with E-state index in [0.717, 1.165) is 24.8 Å². The SMILES string of the molecule is CCC(C)c1ccccc1NC(=O)C(C)OC(=O)c1ccc(S(=O)(=O)NCC2CCCO2)cc1. The maximum atomic E-state index is 12.6. The first-order valence-corrected chi connectivity index (χ1v) is 13.0. The number of amides is 1. The summed E-state index contributed by atoms with van der Waals surface area (Å²) >= 11 is 0. The number of esters is 1. The third kappa shape index (κ3) is 6.65. The fourth-order valence-corrected chi connectivity index (χ4v) is 4.70. The summed E-state index contributed by atoms with van der Waals surface area (Å²) in [5.74, 6) is -0.889. The minimum absolute atomic E-state index is 0.0366. The Hall–Kier alpha value is -2.75. The standard InChI is InChI=1S/C25H32N2O6S/c1-4-17(2)22-9-5-6-10-23(22)27-24(28)18(3)33-25(29)19-11-13-21(14-12-19)34(30,31)26-16-20-8-7-15-32-20/h5-6,9-14,17-18,20,26H,4,7-8,15-16H2,1-3H3,(H,27,28). The van der Waals surface area contributed by atoms with E-state index in [1.54, 1.807) is 0 Å². The number of rotatable bonds is 10. The molecule has 3 atom stereocenters. The van der Waals surface area contributed by atoms with E-state index in [2.05, 4.69) is 23.9 Å². The van der Waals surface area contributed by atoms with Gasteiger partial charge in [-0.1, -0.05) is 32.0 Å². The van der Waals surface area contributed by atoms with Gasteiger partial charge in [-0.2, -0.15) is 0 Å². The first kappa shape index (κ1) is 25.9. The molecule has 2 aromatic rings. The highest BCUT2D eigenvalue weighted by atomic mass is 32.2. The van der Waals surface area contributed by atoms with Crippen molar-refractivity contribution in [1.82, 2.24) is 4.72 Å². The Bertz CT molecular complexity index is 1090. The third-order valence-electron chi connectivity index (χ3n) is 5.94. The third-order valence-corrected chi connectivity index (χ3v) is 7.38. The van der Waals surface area contributed by atoms with E-state index < -0.39 is 28.0 Å². The van der Waals surface area contributed by atoms with E-state index in [0.29, 0.717) is 12.3 Å². The van der Waals surface area contributed by atoms with Gasteiger partial charge >= 0.3 is 5.97 Å². The zero-order chi connectivity index (χ0) is 24.7. The molecule has 1 aliphatic heterocycles. The summed E-state index contributed by atoms with van der Waals surface area (Å²) in [5, 5.41) is 2.83. The molecule has 0 bridgehead atoms. The molecule has 184 valence electrons. The van der Waals surface area contributed by atoms with Crippen LogP contribution >= 0.6 is 0 Å². The molecule has 9 heteroatoms. The molecule has 2 N–H and O–H groups in total. The predicted molar refractivity (Wildman–Crippen MR) is 129 cm³/mol. The fourth-order valence-electron chi connectivity index (χ4n) is 3.64. The molecule has 34 heavy (non-hydrogen) atoms. The van der Waals surface area contributed by atoms with Gasteiger partial charge in [0, 0.05) is 18.8 Å². The molecule has 1 fully saturated rings. The number of hydrogen-bond donors (Lipinski definition) is 2. The summed E-state index contributed by atoms with van der Waals surface area (Å²) in [7, 11) is -3.72. The van der Waals surface area contributed by atoms with Crippen LogP contribution in [0.1, 0.15) is 61.9 Å². The molecule has 3 rings (SSSR count). The number of para-hydroxylation sites is 1. The van der Waals surface area contributed by atoms with Crippen LogP contribution in [0.5, 0.6) is 0 Å². The highest BCUT2D eigenvalue weighted by Crippen LogP contribution is 2.26. The molecule has 0 aromatic heterocycles. The van der Waals surface area contributed by atoms with E-state index in [-0.39, 0.29) is 29.0 Å². The molecule has 0 aliphatic carbocycles. The van der Waals surface area contributed by atoms with Crippen LogP contribution in [-0.2, 0) is 24.3 Å². The van der Waals surface area contributed by atoms with E-state index in [1.807, 2.05) is 24.3 Å². The molecule has 1 saturated heterocycles. The lowest BCUT2D eigenvalue weighted by Gasteiger charge is -2.18. The van der Waals surface area contributed by atoms with Crippen LogP contribution < -0.4 is 10.0 Å². The second-order valence-electron chi connectivity index (χ2n) is 8.44. The average Bonchev–Trinajstić information content (AvgIpc) is 3.36. The lowest BCUT2D eigenvalue weighted by molar-refractivity contribution is -0.123. The predicted octanol–water partition coefficient (Wildman–Crippen LogP) is 3.84. The minimum Gasteiger partial charge on any atom is -0.449 e. The van der Waals surface area contributed by atoms with Gasteiger partial charge < -0.3 is 14.8 Å². The summed E-state index contributed by atoms with van der Waals surface area (Å²) in [6.45, 7) is 6.50. The summed E-state index contributed by atoms with van der Waals surface area (Å²) in [6, 6.07) is 12.9. The van der Waals surface area contributed by atoms with Crippen molar-refractivity contribution in [2.75, 3.05) is 18.5 Å². The Kier molecular flexibility index (Phi) is 8.82. The Morgan fingerprint density at radius 2 is 1.82 bits per heavy atom. The number of nitrogens with one attached hydrogen (secondary N) is 2. The first-order chi connectivity index (χ1) is 16.2. The molecule has 1 aliphatic rings. The summed E-state index contributed by atoms with van der Waals surface area (Å²) in [6.07, 6.45) is 1.52. The molecule has 8 nitrogen and oxygen atoms in total. The summed E-state index contributed by atoms with van der Waals surface area (Å²) in [5.41, 5.74) is 1.86. The van der Waals surface area contributed by atoms with Gasteiger partial charge in [-0.3, -0.25) is 4.79 Å². The van der Waals surface area contributed by atoms with E-state index in [1.165, 1.54) is 31.2 Å². The van der Waals surface area contributed by atoms with E-state index >= 15 is 0 Å². The Balaban J connectivity index is 1.58. The number of ether oxygens (including phenoxy) is 2. The summed E-state index contributed by atoms with van der Waals surface area (Å²) in [4.78, 5) is 25.2. The highest BCUT2D eigenvalue weighted by Gasteiger charge is 2.23. The van der Waals surface area contributed by atoms with E-state index in [4.69, 9.17) is 9.47 Å². The van der Waals surface area contributed by atoms with Crippen molar-refractivity contribution in [1.29, 1.82) is 0 Å². The number of carbonyl (C=O) groups excluding carboxylic acids is 2. The zero-order valence-electron chi connectivity index (χ0n) is 19.7. The number of hydrogen-bond acceptors (Lipinski definition) is 6. The van der Waals surface area contributed by atoms with Crippen molar-refractivity contribution < 1.29 is 27.5 Å². The molecule has 3 unspecified atom stereocenters. The molecule has 0 spiro atoms. The van der Waals surface area contributed by atoms with Crippen molar-refractivity contribution in [3.8, 4) is 0 Å². The maximum Gasteiger partial charge on any atom is 0.338 e. The highest BCUT2D eigenvalue weighted by molar-refractivity contribution is 7.89. The normalized spacial score (nSPS) is 17.7. The minimum atomic E-state index is -3.72. The number of benzene rings is 2. The van der Waals surface area contributed by atoms with Crippen LogP contribution in [0, 0.1) is 0 Å². The molecule has 2 aromatic carbocycles. The van der Waals surface area contributed by atoms with Crippen LogP contribution in [0.2, 0.25) is 0 Å². The molecule has 0 saturated carbocycles. The van der Waals surface area contributed by atoms with Crippen LogP contribution in [0.4, 0.5) is 5.69 Å². The number of sulfonamides is 1. The monoisotopic (exact) mass is 488 g/mol. The van der Waals surface area contributed by atoms with Crippen LogP contribution in [-0.4, -0.2) is 45.7 Å². The molecule has 1 amide bonds. The van der Waals surface area contributed by atoms with Gasteiger partial charge in [-0.15, -0.1) is 0 Å². The van der Waals surface area contributed by atoms with Gasteiger partial charge in [0.05, 0.1) is 16.6 Å². The Morgan fingerprint density at radius 3 is 2.47 bits per heavy atom. The van der Waals surface area contributed by atoms with Gasteiger partial charge in [0.15, 0.2) is 6.10 Å². The average molecular weight is 489 g/mol. The zero-order valence-corrected chi connectivity index (χ0v) is 20.6. The molecular formula is C25H32N2O6S. The van der Waals surface area contributed by atoms with Gasteiger partial charge in [0.1, 0.15) is 0 Å². The quantitative estimate of drug-likeness (QED) is 0.492. The van der Waals surface area contributed by atoms with Gasteiger partial charge in [-0.25, -0.2) is 17.9 Å². The largest absolute Gasteiger partial charge is 0.449 e. The second-order valence-corrected chi connectivity index (χ2v) is 10.2. The smallest absolute Gasteiger partial charge is 0.338 e. The lowest BCUT2D eigenvalue weighted by Crippen LogP contribution is -2.32. The Morgan fingerprint density at radius 1 is 1.12 bits per heavy atom. The number of anilines is 1. The van der Waals surface area contributed by atoms with Crippen LogP contribution in [0.25, 0.3) is 0 Å². The summed E-state index contributed by atoms with van der Waals surface area (Å²) < 4.78 is 38.2. The Labute approximate surface area is 201 Å². The van der Waals surface area contributed by atoms with Gasteiger partial charge in [0.25, 0.3) is 5.91 Å². The molecule has 0 radical (unpaired) electrons. The van der Waals surface area contributed by atoms with E-state index in [9.17, 15) is 18.0 Å². The van der Waals surface area contributed by atoms with Crippen LogP contribution in [0.15, 0.2) is 53.4 Å². The first-order valence-electron chi connectivity index (χ1n) is 11.5. The molecule has 1 heterocycles. The van der Waals surface area contributed by atoms with Gasteiger partial charge in [-0.05, 0) is 68.0 Å². The number of carbonyl (C=O) groups is 2. The van der Waals surface area contributed by atoms with Gasteiger partial charge in [0.2, 0.25) is 10.0 Å². The van der Waals surface area contributed by atoms with Crippen molar-refractivity contribution >= 4 is 27.6 Å². The maximum absolute atomic E-state index is 12.6. The topological polar surface area (TPSA) is 111 Å². The lowest BCUT2D eigenvalue weighted by atomic mass is 9.97. The second kappa shape index (κ2) is 11.6. The fraction of sp³-hybridized carbons (Fsp3) is 0.440. The van der Waals surface area contributed by atoms with Crippen molar-refractivity contribution in [2.45, 2.75) is 63.1 Å².